The fourth-order valence-corrected chi connectivity index (χ4v) is 4.18. The van der Waals surface area contributed by atoms with Crippen LogP contribution in [0.25, 0.3) is 17.0 Å². The Morgan fingerprint density at radius 1 is 1.03 bits per heavy atom. The third-order valence-corrected chi connectivity index (χ3v) is 5.97. The fourth-order valence-electron chi connectivity index (χ4n) is 4.18. The van der Waals surface area contributed by atoms with Crippen molar-refractivity contribution in [3.8, 4) is 0 Å². The highest BCUT2D eigenvalue weighted by molar-refractivity contribution is 5.93. The molecule has 0 fully saturated rings. The summed E-state index contributed by atoms with van der Waals surface area (Å²) in [5, 5.41) is 6.67. The largest absolute Gasteiger partial charge is 0.358 e. The topological polar surface area (TPSA) is 94.3 Å². The van der Waals surface area contributed by atoms with Crippen LogP contribution in [0.15, 0.2) is 42.1 Å². The van der Waals surface area contributed by atoms with E-state index >= 15 is 0 Å². The lowest BCUT2D eigenvalue weighted by Crippen LogP contribution is -2.56. The molecule has 0 spiro atoms. The zero-order valence-electron chi connectivity index (χ0n) is 22.2. The first kappa shape index (κ1) is 27.9. The maximum Gasteiger partial charge on any atom is 0.246 e. The van der Waals surface area contributed by atoms with Gasteiger partial charge in [0.2, 0.25) is 17.7 Å². The van der Waals surface area contributed by atoms with Crippen LogP contribution in [-0.4, -0.2) is 46.7 Å². The second kappa shape index (κ2) is 12.4. The van der Waals surface area contributed by atoms with Crippen molar-refractivity contribution < 1.29 is 14.4 Å². The number of para-hydroxylation sites is 1. The third kappa shape index (κ3) is 7.31. The summed E-state index contributed by atoms with van der Waals surface area (Å²) >= 11 is 0. The molecule has 7 heteroatoms. The Hall–Kier alpha value is -3.35. The smallest absolute Gasteiger partial charge is 0.246 e. The number of nitrogens with one attached hydrogen (secondary N) is 3. The van der Waals surface area contributed by atoms with Crippen LogP contribution >= 0.6 is 0 Å². The van der Waals surface area contributed by atoms with Crippen LogP contribution in [-0.2, 0) is 20.8 Å². The molecule has 2 rings (SSSR count). The molecule has 2 aromatic rings. The number of H-pyrrole nitrogens is 1. The van der Waals surface area contributed by atoms with Gasteiger partial charge in [-0.2, -0.15) is 0 Å². The van der Waals surface area contributed by atoms with Gasteiger partial charge in [0.1, 0.15) is 12.1 Å². The van der Waals surface area contributed by atoms with E-state index in [9.17, 15) is 14.4 Å². The molecule has 1 heterocycles. The van der Waals surface area contributed by atoms with Gasteiger partial charge in [-0.1, -0.05) is 57.5 Å². The van der Waals surface area contributed by atoms with Crippen LogP contribution in [0.2, 0.25) is 0 Å². The van der Waals surface area contributed by atoms with Crippen LogP contribution < -0.4 is 10.6 Å². The van der Waals surface area contributed by atoms with Crippen LogP contribution in [0.4, 0.5) is 0 Å². The number of amides is 3. The van der Waals surface area contributed by atoms with Crippen molar-refractivity contribution in [1.82, 2.24) is 20.5 Å². The lowest BCUT2D eigenvalue weighted by atomic mass is 9.98. The number of carbonyl (C=O) groups excluding carboxylic acids is 3. The Labute approximate surface area is 209 Å². The second-order valence-electron chi connectivity index (χ2n) is 9.95. The Morgan fingerprint density at radius 2 is 1.69 bits per heavy atom. The monoisotopic (exact) mass is 480 g/mol. The molecule has 0 aliphatic heterocycles. The second-order valence-corrected chi connectivity index (χ2v) is 9.95. The number of hydrogen-bond donors (Lipinski definition) is 3. The van der Waals surface area contributed by atoms with E-state index in [1.165, 1.54) is 17.4 Å². The predicted octanol–water partition coefficient (Wildman–Crippen LogP) is 4.41. The van der Waals surface area contributed by atoms with E-state index < -0.39 is 12.1 Å². The van der Waals surface area contributed by atoms with Crippen molar-refractivity contribution in [2.75, 3.05) is 7.05 Å². The predicted molar refractivity (Wildman–Crippen MR) is 142 cm³/mol. The van der Waals surface area contributed by atoms with Gasteiger partial charge in [-0.05, 0) is 37.8 Å². The number of nitrogens with zero attached hydrogens (tertiary/aromatic N) is 1. The maximum atomic E-state index is 13.2. The molecule has 3 N–H and O–H groups in total. The van der Waals surface area contributed by atoms with Crippen LogP contribution in [0.5, 0.6) is 0 Å². The van der Waals surface area contributed by atoms with E-state index in [4.69, 9.17) is 0 Å². The molecule has 1 aromatic heterocycles. The summed E-state index contributed by atoms with van der Waals surface area (Å²) in [4.78, 5) is 42.9. The van der Waals surface area contributed by atoms with Gasteiger partial charge < -0.3 is 20.5 Å². The summed E-state index contributed by atoms with van der Waals surface area (Å²) < 4.78 is 0. The summed E-state index contributed by atoms with van der Waals surface area (Å²) in [6, 6.07) is 6.70. The molecule has 0 saturated carbocycles. The Kier molecular flexibility index (Phi) is 9.87. The zero-order valence-corrected chi connectivity index (χ0v) is 22.2. The van der Waals surface area contributed by atoms with Gasteiger partial charge >= 0.3 is 0 Å². The van der Waals surface area contributed by atoms with Gasteiger partial charge in [0, 0.05) is 48.8 Å². The van der Waals surface area contributed by atoms with Gasteiger partial charge in [-0.3, -0.25) is 14.4 Å². The molecule has 0 radical (unpaired) electrons. The van der Waals surface area contributed by atoms with Crippen molar-refractivity contribution in [1.29, 1.82) is 0 Å². The highest BCUT2D eigenvalue weighted by Crippen LogP contribution is 2.24. The fraction of sp³-hybridized carbons (Fsp3) is 0.464. The van der Waals surface area contributed by atoms with E-state index in [2.05, 4.69) is 41.6 Å². The molecule has 2 atom stereocenters. The van der Waals surface area contributed by atoms with Crippen molar-refractivity contribution in [3.05, 3.63) is 53.4 Å². The molecular formula is C28H40N4O3. The molecule has 0 aliphatic carbocycles. The highest BCUT2D eigenvalue weighted by Gasteiger charge is 2.34. The minimum atomic E-state index is -0.689. The molecule has 7 nitrogen and oxygen atoms in total. The average Bonchev–Trinajstić information content (AvgIpc) is 3.12. The average molecular weight is 481 g/mol. The molecule has 0 unspecified atom stereocenters. The van der Waals surface area contributed by atoms with Crippen LogP contribution in [0.1, 0.15) is 59.7 Å². The molecule has 3 amide bonds. The first-order valence-corrected chi connectivity index (χ1v) is 12.2. The number of likely N-dealkylation sites (N-methyl/N-ethyl adjacent to an activating group) is 1. The van der Waals surface area contributed by atoms with E-state index in [0.29, 0.717) is 0 Å². The van der Waals surface area contributed by atoms with Crippen molar-refractivity contribution >= 4 is 34.7 Å². The number of hydrogen-bond acceptors (Lipinski definition) is 3. The minimum Gasteiger partial charge on any atom is -0.358 e. The minimum absolute atomic E-state index is 0.106. The quantitative estimate of drug-likeness (QED) is 0.440. The van der Waals surface area contributed by atoms with Crippen molar-refractivity contribution in [2.45, 2.75) is 67.0 Å². The maximum absolute atomic E-state index is 13.2. The number of aromatic amines is 1. The van der Waals surface area contributed by atoms with Crippen LogP contribution in [0.3, 0.4) is 0 Å². The summed E-state index contributed by atoms with van der Waals surface area (Å²) in [6.45, 7) is 13.1. The third-order valence-electron chi connectivity index (χ3n) is 5.97. The number of fused-ring (bicyclic) bond motifs is 1. The van der Waals surface area contributed by atoms with Gasteiger partial charge in [0.15, 0.2) is 0 Å². The molecule has 0 aliphatic rings. The molecule has 35 heavy (non-hydrogen) atoms. The van der Waals surface area contributed by atoms with E-state index in [-0.39, 0.29) is 29.6 Å². The number of allylic oxidation sites excluding steroid dienone is 2. The van der Waals surface area contributed by atoms with Gasteiger partial charge in [0.25, 0.3) is 0 Å². The normalized spacial score (nSPS) is 13.2. The number of aromatic nitrogens is 1. The SMILES string of the molecule is CC(=O)N[C@@H](C(=O)N(C)[C@H](C(=O)NC=Cc1c(CC=C(C)C)[nH]c2ccccc12)C(C)C)C(C)C. The number of carbonyl (C=O) groups is 3. The van der Waals surface area contributed by atoms with Crippen LogP contribution in [0, 0.1) is 11.8 Å². The summed E-state index contributed by atoms with van der Waals surface area (Å²) in [7, 11) is 1.62. The summed E-state index contributed by atoms with van der Waals surface area (Å²) in [5.41, 5.74) is 4.37. The first-order chi connectivity index (χ1) is 16.4. The van der Waals surface area contributed by atoms with E-state index in [1.807, 2.05) is 52.0 Å². The lowest BCUT2D eigenvalue weighted by Gasteiger charge is -2.33. The number of rotatable bonds is 10. The summed E-state index contributed by atoms with van der Waals surface area (Å²) in [6.07, 6.45) is 6.47. The Balaban J connectivity index is 2.25. The van der Waals surface area contributed by atoms with Gasteiger partial charge in [-0.25, -0.2) is 0 Å². The van der Waals surface area contributed by atoms with E-state index in [0.717, 1.165) is 28.6 Å². The molecule has 190 valence electrons. The molecular weight excluding hydrogens is 440 g/mol. The van der Waals surface area contributed by atoms with Gasteiger partial charge in [-0.15, -0.1) is 0 Å². The Bertz CT molecular complexity index is 1110. The van der Waals surface area contributed by atoms with Crippen molar-refractivity contribution in [2.24, 2.45) is 11.8 Å². The first-order valence-electron chi connectivity index (χ1n) is 12.2. The molecule has 0 bridgehead atoms. The number of benzene rings is 1. The van der Waals surface area contributed by atoms with Crippen molar-refractivity contribution in [3.63, 3.8) is 0 Å². The lowest BCUT2D eigenvalue weighted by molar-refractivity contribution is -0.143. The Morgan fingerprint density at radius 3 is 2.26 bits per heavy atom. The zero-order chi connectivity index (χ0) is 26.3. The molecule has 1 aromatic carbocycles. The van der Waals surface area contributed by atoms with E-state index in [1.54, 1.807) is 13.2 Å². The molecule has 0 saturated heterocycles. The standard InChI is InChI=1S/C28H40N4O3/c1-17(2)13-14-24-22(21-11-9-10-12-23(21)31-24)15-16-29-27(34)26(19(5)6)32(8)28(35)25(18(3)4)30-20(7)33/h9-13,15-16,18-19,25-26,31H,14H2,1-8H3,(H,29,34)(H,30,33)/t25-,26+/m1/s1. The van der Waals surface area contributed by atoms with Gasteiger partial charge in [0.05, 0.1) is 0 Å². The highest BCUT2D eigenvalue weighted by atomic mass is 16.2. The summed E-state index contributed by atoms with van der Waals surface area (Å²) in [5.74, 6) is -1.06.